The molecule has 1 aromatic carbocycles. The highest BCUT2D eigenvalue weighted by Crippen LogP contribution is 2.26. The van der Waals surface area contributed by atoms with E-state index in [1.54, 1.807) is 23.1 Å². The predicted molar refractivity (Wildman–Crippen MR) is 83.1 cm³/mol. The molecule has 1 aliphatic heterocycles. The van der Waals surface area contributed by atoms with Crippen LogP contribution in [0.25, 0.3) is 6.08 Å². The minimum absolute atomic E-state index is 0.0529. The summed E-state index contributed by atoms with van der Waals surface area (Å²) in [7, 11) is 0. The van der Waals surface area contributed by atoms with Gasteiger partial charge in [0.1, 0.15) is 5.75 Å². The van der Waals surface area contributed by atoms with Crippen molar-refractivity contribution in [3.8, 4) is 5.75 Å². The van der Waals surface area contributed by atoms with Crippen LogP contribution in [0.2, 0.25) is 0 Å². The molecule has 1 amide bonds. The number of morpholine rings is 1. The first-order chi connectivity index (χ1) is 10.6. The summed E-state index contributed by atoms with van der Waals surface area (Å²) in [5.74, 6) is 0.424. The van der Waals surface area contributed by atoms with Crippen molar-refractivity contribution in [3.05, 3.63) is 44.5 Å². The van der Waals surface area contributed by atoms with Gasteiger partial charge in [0.15, 0.2) is 6.61 Å². The summed E-state index contributed by atoms with van der Waals surface area (Å²) >= 11 is 3.33. The highest BCUT2D eigenvalue weighted by atomic mass is 79.9. The van der Waals surface area contributed by atoms with Crippen LogP contribution in [0.1, 0.15) is 5.56 Å². The lowest BCUT2D eigenvalue weighted by molar-refractivity contribution is -0.400. The Morgan fingerprint density at radius 1 is 1.45 bits per heavy atom. The van der Waals surface area contributed by atoms with Gasteiger partial charge in [-0.2, -0.15) is 0 Å². The second-order valence-corrected chi connectivity index (χ2v) is 5.43. The van der Waals surface area contributed by atoms with Gasteiger partial charge in [-0.15, -0.1) is 0 Å². The van der Waals surface area contributed by atoms with Gasteiger partial charge in [-0.25, -0.2) is 0 Å². The van der Waals surface area contributed by atoms with E-state index in [0.717, 1.165) is 6.20 Å². The Hall–Kier alpha value is -1.93. The average Bonchev–Trinajstić information content (AvgIpc) is 2.52. The molecule has 0 spiro atoms. The molecule has 8 heteroatoms. The van der Waals surface area contributed by atoms with Gasteiger partial charge >= 0.3 is 0 Å². The maximum absolute atomic E-state index is 12.0. The lowest BCUT2D eigenvalue weighted by Gasteiger charge is -2.26. The third-order valence-corrected chi connectivity index (χ3v) is 3.68. The first kappa shape index (κ1) is 16.4. The molecular formula is C14H15BrN2O5. The van der Waals surface area contributed by atoms with Gasteiger partial charge in [-0.05, 0) is 33.6 Å². The third-order valence-electron chi connectivity index (χ3n) is 3.06. The van der Waals surface area contributed by atoms with E-state index in [4.69, 9.17) is 9.47 Å². The van der Waals surface area contributed by atoms with Crippen molar-refractivity contribution >= 4 is 27.9 Å². The molecule has 0 bridgehead atoms. The van der Waals surface area contributed by atoms with Gasteiger partial charge in [0.2, 0.25) is 6.20 Å². The quantitative estimate of drug-likeness (QED) is 0.584. The molecule has 0 N–H and O–H groups in total. The fraction of sp³-hybridized carbons (Fsp3) is 0.357. The summed E-state index contributed by atoms with van der Waals surface area (Å²) in [6.07, 6.45) is 2.25. The second-order valence-electron chi connectivity index (χ2n) is 4.57. The van der Waals surface area contributed by atoms with E-state index in [1.807, 2.05) is 0 Å². The largest absolute Gasteiger partial charge is 0.483 e. The number of hydrogen-bond acceptors (Lipinski definition) is 5. The van der Waals surface area contributed by atoms with Crippen LogP contribution in [0.4, 0.5) is 0 Å². The zero-order valence-corrected chi connectivity index (χ0v) is 13.3. The molecule has 2 rings (SSSR count). The maximum atomic E-state index is 12.0. The highest BCUT2D eigenvalue weighted by molar-refractivity contribution is 9.10. The number of ether oxygens (including phenoxy) is 2. The maximum Gasteiger partial charge on any atom is 0.260 e. The number of rotatable bonds is 5. The fourth-order valence-corrected chi connectivity index (χ4v) is 2.44. The molecule has 1 heterocycles. The molecule has 0 unspecified atom stereocenters. The minimum atomic E-state index is -0.528. The van der Waals surface area contributed by atoms with Crippen LogP contribution in [-0.2, 0) is 9.53 Å². The summed E-state index contributed by atoms with van der Waals surface area (Å²) in [5.41, 5.74) is 0.662. The second kappa shape index (κ2) is 7.90. The monoisotopic (exact) mass is 370 g/mol. The Balaban J connectivity index is 1.92. The number of hydrogen-bond donors (Lipinski definition) is 0. The van der Waals surface area contributed by atoms with Crippen LogP contribution in [0, 0.1) is 10.1 Å². The lowest BCUT2D eigenvalue weighted by atomic mass is 10.2. The van der Waals surface area contributed by atoms with Crippen molar-refractivity contribution in [1.82, 2.24) is 4.90 Å². The minimum Gasteiger partial charge on any atom is -0.483 e. The Kier molecular flexibility index (Phi) is 5.91. The number of carbonyl (C=O) groups excluding carboxylic acids is 1. The number of halogens is 1. The molecule has 1 aliphatic rings. The number of benzene rings is 1. The third kappa shape index (κ3) is 4.81. The van der Waals surface area contributed by atoms with Crippen LogP contribution in [0.5, 0.6) is 5.75 Å². The van der Waals surface area contributed by atoms with Crippen molar-refractivity contribution in [2.75, 3.05) is 32.9 Å². The van der Waals surface area contributed by atoms with E-state index < -0.39 is 4.92 Å². The molecule has 0 aliphatic carbocycles. The summed E-state index contributed by atoms with van der Waals surface area (Å²) < 4.78 is 11.3. The van der Waals surface area contributed by atoms with Gasteiger partial charge in [0.05, 0.1) is 22.6 Å². The van der Waals surface area contributed by atoms with E-state index in [0.29, 0.717) is 42.1 Å². The molecule has 0 saturated carbocycles. The molecule has 1 saturated heterocycles. The number of amides is 1. The van der Waals surface area contributed by atoms with Crippen molar-refractivity contribution in [1.29, 1.82) is 0 Å². The normalized spacial score (nSPS) is 15.0. The van der Waals surface area contributed by atoms with Crippen LogP contribution in [-0.4, -0.2) is 48.6 Å². The summed E-state index contributed by atoms with van der Waals surface area (Å²) in [6.45, 7) is 2.20. The fourth-order valence-electron chi connectivity index (χ4n) is 1.93. The summed E-state index contributed by atoms with van der Waals surface area (Å²) in [5, 5.41) is 10.3. The van der Waals surface area contributed by atoms with Crippen molar-refractivity contribution < 1.29 is 19.2 Å². The van der Waals surface area contributed by atoms with E-state index in [9.17, 15) is 14.9 Å². The molecule has 7 nitrogen and oxygen atoms in total. The standard InChI is InChI=1S/C14H15BrN2O5/c15-12-9-11(3-4-17(19)20)1-2-13(12)22-10-14(18)16-5-7-21-8-6-16/h1-4,9H,5-8,10H2. The van der Waals surface area contributed by atoms with Crippen LogP contribution in [0.3, 0.4) is 0 Å². The predicted octanol–water partition coefficient (Wildman–Crippen LogP) is 1.93. The van der Waals surface area contributed by atoms with Crippen LogP contribution < -0.4 is 4.74 Å². The number of carbonyl (C=O) groups is 1. The Labute approximate surface area is 135 Å². The Morgan fingerprint density at radius 2 is 2.18 bits per heavy atom. The molecule has 1 aromatic rings. The van der Waals surface area contributed by atoms with Crippen molar-refractivity contribution in [2.24, 2.45) is 0 Å². The smallest absolute Gasteiger partial charge is 0.260 e. The lowest BCUT2D eigenvalue weighted by Crippen LogP contribution is -2.43. The van der Waals surface area contributed by atoms with E-state index in [1.165, 1.54) is 6.08 Å². The average molecular weight is 371 g/mol. The van der Waals surface area contributed by atoms with Crippen molar-refractivity contribution in [3.63, 3.8) is 0 Å². The van der Waals surface area contributed by atoms with Gasteiger partial charge in [0.25, 0.3) is 5.91 Å². The molecule has 0 aromatic heterocycles. The molecule has 118 valence electrons. The van der Waals surface area contributed by atoms with Gasteiger partial charge in [-0.3, -0.25) is 14.9 Å². The summed E-state index contributed by atoms with van der Waals surface area (Å²) in [4.78, 5) is 23.4. The van der Waals surface area contributed by atoms with Gasteiger partial charge in [0, 0.05) is 19.2 Å². The Morgan fingerprint density at radius 3 is 2.82 bits per heavy atom. The summed E-state index contributed by atoms with van der Waals surface area (Å²) in [6, 6.07) is 5.03. The van der Waals surface area contributed by atoms with Gasteiger partial charge in [-0.1, -0.05) is 6.07 Å². The Bertz CT molecular complexity index is 585. The van der Waals surface area contributed by atoms with Crippen molar-refractivity contribution in [2.45, 2.75) is 0 Å². The SMILES string of the molecule is O=C(COc1ccc(C=C[N+](=O)[O-])cc1Br)N1CCOCC1. The zero-order chi connectivity index (χ0) is 15.9. The van der Waals surface area contributed by atoms with Gasteiger partial charge < -0.3 is 14.4 Å². The first-order valence-corrected chi connectivity index (χ1v) is 7.45. The van der Waals surface area contributed by atoms with E-state index in [-0.39, 0.29) is 12.5 Å². The number of nitrogens with zero attached hydrogens (tertiary/aromatic N) is 2. The van der Waals surface area contributed by atoms with E-state index in [2.05, 4.69) is 15.9 Å². The zero-order valence-electron chi connectivity index (χ0n) is 11.7. The molecular weight excluding hydrogens is 356 g/mol. The van der Waals surface area contributed by atoms with E-state index >= 15 is 0 Å². The van der Waals surface area contributed by atoms with Crippen LogP contribution in [0.15, 0.2) is 28.9 Å². The molecule has 22 heavy (non-hydrogen) atoms. The topological polar surface area (TPSA) is 81.9 Å². The molecule has 1 fully saturated rings. The first-order valence-electron chi connectivity index (χ1n) is 6.66. The molecule has 0 atom stereocenters. The highest BCUT2D eigenvalue weighted by Gasteiger charge is 2.17. The van der Waals surface area contributed by atoms with Crippen LogP contribution >= 0.6 is 15.9 Å². The number of nitro groups is 1. The molecule has 0 radical (unpaired) electrons.